The molecule has 0 N–H and O–H groups in total. The second kappa shape index (κ2) is 13.2. The molecule has 2 aromatic heterocycles. The van der Waals surface area contributed by atoms with Crippen molar-refractivity contribution in [3.05, 3.63) is 199 Å². The zero-order chi connectivity index (χ0) is 42.2. The average Bonchev–Trinajstić information content (AvgIpc) is 3.73. The number of hydrogen-bond donors (Lipinski definition) is 0. The maximum absolute atomic E-state index is 9.80. The first-order valence-electron chi connectivity index (χ1n) is 21.5. The van der Waals surface area contributed by atoms with Gasteiger partial charge in [0.2, 0.25) is 0 Å². The third-order valence-electron chi connectivity index (χ3n) is 10.5. The summed E-state index contributed by atoms with van der Waals surface area (Å²) in [4.78, 5) is 14.8. The number of aromatic nitrogens is 3. The van der Waals surface area contributed by atoms with Gasteiger partial charge in [-0.1, -0.05) is 158 Å². The normalized spacial score (nSPS) is 13.1. The van der Waals surface area contributed by atoms with E-state index in [1.807, 2.05) is 127 Å². The molecule has 0 amide bonds. The Morgan fingerprint density at radius 3 is 1.73 bits per heavy atom. The number of benzene rings is 9. The van der Waals surface area contributed by atoms with Crippen LogP contribution in [0.1, 0.15) is 19.6 Å². The monoisotopic (exact) mass is 721 g/mol. The number of furan rings is 1. The van der Waals surface area contributed by atoms with Gasteiger partial charge in [0, 0.05) is 28.3 Å². The minimum atomic E-state index is -0.363. The van der Waals surface area contributed by atoms with Crippen LogP contribution in [0.3, 0.4) is 0 Å². The van der Waals surface area contributed by atoms with Crippen molar-refractivity contribution in [2.24, 2.45) is 0 Å². The zero-order valence-corrected chi connectivity index (χ0v) is 29.9. The van der Waals surface area contributed by atoms with Crippen LogP contribution in [-0.2, 0) is 6.42 Å². The van der Waals surface area contributed by atoms with Gasteiger partial charge in [-0.15, -0.1) is 0 Å². The van der Waals surface area contributed by atoms with Gasteiger partial charge in [-0.05, 0) is 90.4 Å². The Kier molecular flexibility index (Phi) is 6.19. The summed E-state index contributed by atoms with van der Waals surface area (Å²) in [5, 5.41) is 6.78. The highest BCUT2D eigenvalue weighted by Gasteiger charge is 2.17. The van der Waals surface area contributed by atoms with Gasteiger partial charge < -0.3 is 4.42 Å². The van der Waals surface area contributed by atoms with Crippen molar-refractivity contribution in [3.8, 4) is 45.0 Å². The Hall–Kier alpha value is -7.43. The SMILES string of the molecule is [2H]c1c(-c2ccc3c4ccccc4c4ccccc4c3c2)c([2H])c2c(oc3c([2H])c([2H])c([2H])c(Cc4nc(-c5ccccc5)nc(-c5cccc(-c6ccccc6)c5)n4)c32)c1[2H]. The van der Waals surface area contributed by atoms with Gasteiger partial charge in [-0.3, -0.25) is 0 Å². The molecule has 0 unspecified atom stereocenters. The lowest BCUT2D eigenvalue weighted by atomic mass is 9.92. The quantitative estimate of drug-likeness (QED) is 0.160. The minimum absolute atomic E-state index is 0.0290. The molecule has 0 saturated heterocycles. The van der Waals surface area contributed by atoms with Crippen LogP contribution < -0.4 is 0 Å². The largest absolute Gasteiger partial charge is 0.456 e. The van der Waals surface area contributed by atoms with Crippen LogP contribution in [0, 0.1) is 0 Å². The van der Waals surface area contributed by atoms with Crippen LogP contribution >= 0.6 is 0 Å². The highest BCUT2D eigenvalue weighted by Crippen LogP contribution is 2.39. The van der Waals surface area contributed by atoms with Gasteiger partial charge in [0.05, 0.1) is 8.22 Å². The van der Waals surface area contributed by atoms with Crippen LogP contribution in [-0.4, -0.2) is 15.0 Å². The summed E-state index contributed by atoms with van der Waals surface area (Å²) in [6.07, 6.45) is -0.0658. The maximum Gasteiger partial charge on any atom is 0.163 e. The Bertz CT molecular complexity index is 3600. The predicted octanol–water partition coefficient (Wildman–Crippen LogP) is 13.5. The highest BCUT2D eigenvalue weighted by atomic mass is 16.3. The summed E-state index contributed by atoms with van der Waals surface area (Å²) >= 11 is 0. The minimum Gasteiger partial charge on any atom is -0.456 e. The summed E-state index contributed by atoms with van der Waals surface area (Å²) in [5.41, 5.74) is 4.57. The van der Waals surface area contributed by atoms with E-state index in [1.54, 1.807) is 0 Å². The van der Waals surface area contributed by atoms with E-state index >= 15 is 0 Å². The van der Waals surface area contributed by atoms with Crippen molar-refractivity contribution in [1.82, 2.24) is 15.0 Å². The zero-order valence-electron chi connectivity index (χ0n) is 35.9. The molecule has 9 aromatic carbocycles. The van der Waals surface area contributed by atoms with Gasteiger partial charge in [0.15, 0.2) is 11.6 Å². The first kappa shape index (κ1) is 26.4. The van der Waals surface area contributed by atoms with Gasteiger partial charge in [0.1, 0.15) is 17.0 Å². The summed E-state index contributed by atoms with van der Waals surface area (Å²) < 4.78 is 61.7. The third kappa shape index (κ3) is 5.50. The van der Waals surface area contributed by atoms with E-state index in [0.29, 0.717) is 23.0 Å². The van der Waals surface area contributed by atoms with Gasteiger partial charge in [-0.25, -0.2) is 15.0 Å². The fraction of sp³-hybridized carbons (Fsp3) is 0.0192. The Morgan fingerprint density at radius 1 is 0.411 bits per heavy atom. The van der Waals surface area contributed by atoms with Crippen LogP contribution in [0.2, 0.25) is 0 Å². The Morgan fingerprint density at radius 2 is 1.00 bits per heavy atom. The summed E-state index contributed by atoms with van der Waals surface area (Å²) in [6.45, 7) is 0. The maximum atomic E-state index is 9.80. The van der Waals surface area contributed by atoms with Gasteiger partial charge in [-0.2, -0.15) is 0 Å². The molecule has 0 spiro atoms. The summed E-state index contributed by atoms with van der Waals surface area (Å²) in [7, 11) is 0. The predicted molar refractivity (Wildman–Crippen MR) is 231 cm³/mol. The number of fused-ring (bicyclic) bond motifs is 9. The van der Waals surface area contributed by atoms with E-state index in [-0.39, 0.29) is 75.7 Å². The van der Waals surface area contributed by atoms with E-state index in [0.717, 1.165) is 54.6 Å². The molecule has 11 rings (SSSR count). The standard InChI is InChI=1S/C52H33N3O/c1-3-13-33(14-4-1)35-17-11-19-39(29-35)52-54-49(53-51(55-52)34-15-5-2-6-16-34)32-38-18-12-24-48-50(38)46-31-37(26-28-47(46)56-48)36-25-27-44-42-22-8-7-20-40(42)41-21-9-10-23-43(41)45(44)30-36/h1-31H,32H2/i12D,18D,24D,26D,28D,31D. The molecule has 0 aliphatic heterocycles. The van der Waals surface area contributed by atoms with Crippen LogP contribution in [0.15, 0.2) is 192 Å². The second-order valence-electron chi connectivity index (χ2n) is 13.9. The fourth-order valence-corrected chi connectivity index (χ4v) is 7.83. The molecule has 262 valence electrons. The van der Waals surface area contributed by atoms with E-state index < -0.39 is 0 Å². The van der Waals surface area contributed by atoms with E-state index in [9.17, 15) is 5.48 Å². The molecule has 2 heterocycles. The lowest BCUT2D eigenvalue weighted by Crippen LogP contribution is -2.04. The van der Waals surface area contributed by atoms with Crippen molar-refractivity contribution in [2.75, 3.05) is 0 Å². The fourth-order valence-electron chi connectivity index (χ4n) is 7.83. The summed E-state index contributed by atoms with van der Waals surface area (Å²) in [6, 6.07) is 48.4. The lowest BCUT2D eigenvalue weighted by molar-refractivity contribution is 0.668. The topological polar surface area (TPSA) is 51.8 Å². The molecule has 0 atom stereocenters. The van der Waals surface area contributed by atoms with E-state index in [4.69, 9.17) is 22.1 Å². The van der Waals surface area contributed by atoms with Crippen LogP contribution in [0.25, 0.3) is 99.3 Å². The highest BCUT2D eigenvalue weighted by molar-refractivity contribution is 6.25. The van der Waals surface area contributed by atoms with Crippen molar-refractivity contribution in [1.29, 1.82) is 0 Å². The number of hydrogen-bond acceptors (Lipinski definition) is 4. The molecule has 0 bridgehead atoms. The van der Waals surface area contributed by atoms with Gasteiger partial charge >= 0.3 is 0 Å². The molecule has 4 nitrogen and oxygen atoms in total. The van der Waals surface area contributed by atoms with Crippen molar-refractivity contribution in [3.63, 3.8) is 0 Å². The van der Waals surface area contributed by atoms with E-state index in [1.165, 1.54) is 0 Å². The molecule has 0 aliphatic rings. The first-order chi connectivity index (χ1) is 30.2. The molecular formula is C52H33N3O. The molecule has 0 saturated carbocycles. The Balaban J connectivity index is 1.13. The average molecular weight is 722 g/mol. The lowest BCUT2D eigenvalue weighted by Gasteiger charge is -2.12. The molecule has 11 aromatic rings. The van der Waals surface area contributed by atoms with Crippen molar-refractivity contribution >= 4 is 54.3 Å². The number of nitrogens with zero attached hydrogens (tertiary/aromatic N) is 3. The Labute approximate surface area is 331 Å². The van der Waals surface area contributed by atoms with E-state index in [2.05, 4.69) is 24.3 Å². The summed E-state index contributed by atoms with van der Waals surface area (Å²) in [5.74, 6) is 1.15. The second-order valence-corrected chi connectivity index (χ2v) is 13.9. The first-order valence-corrected chi connectivity index (χ1v) is 18.5. The molecule has 0 fully saturated rings. The third-order valence-corrected chi connectivity index (χ3v) is 10.5. The van der Waals surface area contributed by atoms with Crippen LogP contribution in [0.5, 0.6) is 0 Å². The van der Waals surface area contributed by atoms with Crippen molar-refractivity contribution < 1.29 is 12.6 Å². The molecule has 4 heteroatoms. The molecule has 56 heavy (non-hydrogen) atoms. The van der Waals surface area contributed by atoms with Crippen molar-refractivity contribution in [2.45, 2.75) is 6.42 Å². The molecular weight excluding hydrogens is 683 g/mol. The van der Waals surface area contributed by atoms with Gasteiger partial charge in [0.25, 0.3) is 0 Å². The molecule has 0 radical (unpaired) electrons. The van der Waals surface area contributed by atoms with Crippen LogP contribution in [0.4, 0.5) is 0 Å². The smallest absolute Gasteiger partial charge is 0.163 e. The number of rotatable bonds is 6. The molecule has 0 aliphatic carbocycles.